The van der Waals surface area contributed by atoms with E-state index < -0.39 is 6.03 Å². The number of carbonyl (C=O) groups excluding carboxylic acids is 1. The van der Waals surface area contributed by atoms with Crippen LogP contribution in [0.3, 0.4) is 0 Å². The molecule has 1 N–H and O–H groups in total. The van der Waals surface area contributed by atoms with Gasteiger partial charge in [0.2, 0.25) is 0 Å². The molecule has 0 heterocycles. The Labute approximate surface area is 150 Å². The third kappa shape index (κ3) is 4.39. The fourth-order valence-corrected chi connectivity index (χ4v) is 2.19. The summed E-state index contributed by atoms with van der Waals surface area (Å²) in [5.74, 6) is 0. The first-order chi connectivity index (χ1) is 11.5. The van der Waals surface area contributed by atoms with Crippen LogP contribution in [0.15, 0.2) is 73.0 Å². The highest BCUT2D eigenvalue weighted by atomic mass is 35.5. The van der Waals surface area contributed by atoms with E-state index >= 15 is 0 Å². The van der Waals surface area contributed by atoms with Crippen molar-refractivity contribution in [1.29, 1.82) is 5.26 Å². The minimum atomic E-state index is -0.491. The molecule has 0 saturated heterocycles. The van der Waals surface area contributed by atoms with Crippen LogP contribution in [0.25, 0.3) is 0 Å². The molecule has 0 aromatic heterocycles. The number of carbonyl (C=O) groups is 1. The lowest BCUT2D eigenvalue weighted by molar-refractivity contribution is 0.258. The molecule has 0 bridgehead atoms. The number of hydrogen-bond donors (Lipinski definition) is 1. The fourth-order valence-electron chi connectivity index (χ4n) is 1.94. The zero-order chi connectivity index (χ0) is 17.5. The van der Waals surface area contributed by atoms with Gasteiger partial charge in [0.05, 0.1) is 5.69 Å². The standard InChI is InChI=1S/C18H13Cl2N3O/c1-2-3-17(12-21)23(16-10-6-14(20)7-11-16)18(24)22-15-8-4-13(19)5-9-15/h2-11H,1H2,(H,22,24)/b17-3+. The minimum Gasteiger partial charge on any atom is -0.307 e. The highest BCUT2D eigenvalue weighted by Crippen LogP contribution is 2.23. The van der Waals surface area contributed by atoms with Crippen molar-refractivity contribution in [3.63, 3.8) is 0 Å². The Morgan fingerprint density at radius 2 is 1.62 bits per heavy atom. The van der Waals surface area contributed by atoms with Crippen LogP contribution in [0.5, 0.6) is 0 Å². The largest absolute Gasteiger partial charge is 0.331 e. The van der Waals surface area contributed by atoms with Gasteiger partial charge in [-0.1, -0.05) is 35.9 Å². The molecule has 0 aliphatic carbocycles. The minimum absolute atomic E-state index is 0.124. The molecule has 24 heavy (non-hydrogen) atoms. The molecule has 6 heteroatoms. The Hall–Kier alpha value is -2.74. The van der Waals surface area contributed by atoms with Crippen molar-refractivity contribution in [2.24, 2.45) is 0 Å². The third-order valence-electron chi connectivity index (χ3n) is 3.01. The maximum absolute atomic E-state index is 12.7. The molecule has 2 amide bonds. The summed E-state index contributed by atoms with van der Waals surface area (Å²) in [6, 6.07) is 14.7. The number of nitrogens with one attached hydrogen (secondary N) is 1. The zero-order valence-electron chi connectivity index (χ0n) is 12.5. The number of urea groups is 1. The number of halogens is 2. The van der Waals surface area contributed by atoms with Gasteiger partial charge in [-0.3, -0.25) is 4.90 Å². The normalized spacial score (nSPS) is 10.6. The van der Waals surface area contributed by atoms with E-state index in [1.165, 1.54) is 17.1 Å². The molecular formula is C18H13Cl2N3O. The summed E-state index contributed by atoms with van der Waals surface area (Å²) < 4.78 is 0. The van der Waals surface area contributed by atoms with E-state index in [4.69, 9.17) is 23.2 Å². The van der Waals surface area contributed by atoms with Gasteiger partial charge < -0.3 is 5.32 Å². The Morgan fingerprint density at radius 1 is 1.08 bits per heavy atom. The van der Waals surface area contributed by atoms with Gasteiger partial charge in [-0.2, -0.15) is 5.26 Å². The first-order valence-corrected chi connectivity index (χ1v) is 7.66. The number of nitriles is 1. The number of anilines is 2. The number of amides is 2. The summed E-state index contributed by atoms with van der Waals surface area (Å²) in [7, 11) is 0. The summed E-state index contributed by atoms with van der Waals surface area (Å²) >= 11 is 11.7. The molecule has 0 spiro atoms. The summed E-state index contributed by atoms with van der Waals surface area (Å²) in [5.41, 5.74) is 1.18. The summed E-state index contributed by atoms with van der Waals surface area (Å²) in [6.07, 6.45) is 2.90. The average Bonchev–Trinajstić information content (AvgIpc) is 2.58. The van der Waals surface area contributed by atoms with E-state index in [-0.39, 0.29) is 5.70 Å². The van der Waals surface area contributed by atoms with Crippen LogP contribution in [0.2, 0.25) is 10.0 Å². The van der Waals surface area contributed by atoms with E-state index in [1.54, 1.807) is 48.5 Å². The predicted molar refractivity (Wildman–Crippen MR) is 98.3 cm³/mol. The first kappa shape index (κ1) is 17.6. The molecule has 0 fully saturated rings. The smallest absolute Gasteiger partial charge is 0.307 e. The lowest BCUT2D eigenvalue weighted by atomic mass is 10.2. The Balaban J connectivity index is 2.37. The van der Waals surface area contributed by atoms with Crippen LogP contribution in [-0.2, 0) is 0 Å². The maximum atomic E-state index is 12.7. The second-order valence-corrected chi connectivity index (χ2v) is 5.52. The molecule has 0 unspecified atom stereocenters. The van der Waals surface area contributed by atoms with Crippen molar-refractivity contribution in [3.8, 4) is 6.07 Å². The summed E-state index contributed by atoms with van der Waals surface area (Å²) in [4.78, 5) is 13.9. The van der Waals surface area contributed by atoms with Crippen molar-refractivity contribution in [1.82, 2.24) is 0 Å². The Bertz CT molecular complexity index is 806. The number of nitrogens with zero attached hydrogens (tertiary/aromatic N) is 2. The average molecular weight is 358 g/mol. The van der Waals surface area contributed by atoms with E-state index in [0.717, 1.165) is 0 Å². The number of benzene rings is 2. The van der Waals surface area contributed by atoms with Crippen LogP contribution in [0, 0.1) is 11.3 Å². The van der Waals surface area contributed by atoms with Crippen molar-refractivity contribution < 1.29 is 4.79 Å². The fraction of sp³-hybridized carbons (Fsp3) is 0. The number of rotatable bonds is 4. The van der Waals surface area contributed by atoms with Crippen LogP contribution >= 0.6 is 23.2 Å². The second-order valence-electron chi connectivity index (χ2n) is 4.65. The summed E-state index contributed by atoms with van der Waals surface area (Å²) in [6.45, 7) is 3.57. The molecule has 0 saturated carbocycles. The van der Waals surface area contributed by atoms with Gasteiger partial charge in [0.25, 0.3) is 0 Å². The highest BCUT2D eigenvalue weighted by molar-refractivity contribution is 6.31. The monoisotopic (exact) mass is 357 g/mol. The van der Waals surface area contributed by atoms with Crippen molar-refractivity contribution in [2.75, 3.05) is 10.2 Å². The highest BCUT2D eigenvalue weighted by Gasteiger charge is 2.20. The van der Waals surface area contributed by atoms with Gasteiger partial charge in [-0.15, -0.1) is 0 Å². The topological polar surface area (TPSA) is 56.1 Å². The molecule has 2 rings (SSSR count). The van der Waals surface area contributed by atoms with Gasteiger partial charge in [0, 0.05) is 15.7 Å². The van der Waals surface area contributed by atoms with Crippen LogP contribution in [0.1, 0.15) is 0 Å². The van der Waals surface area contributed by atoms with Crippen molar-refractivity contribution in [3.05, 3.63) is 83.0 Å². The SMILES string of the molecule is C=C/C=C(\C#N)N(C(=O)Nc1ccc(Cl)cc1)c1ccc(Cl)cc1. The van der Waals surface area contributed by atoms with Gasteiger partial charge >= 0.3 is 6.03 Å². The number of allylic oxidation sites excluding steroid dienone is 3. The van der Waals surface area contributed by atoms with Gasteiger partial charge in [0.15, 0.2) is 0 Å². The maximum Gasteiger partial charge on any atom is 0.331 e. The van der Waals surface area contributed by atoms with Crippen LogP contribution in [-0.4, -0.2) is 6.03 Å². The van der Waals surface area contributed by atoms with E-state index in [9.17, 15) is 10.1 Å². The van der Waals surface area contributed by atoms with Crippen LogP contribution < -0.4 is 10.2 Å². The molecule has 120 valence electrons. The van der Waals surface area contributed by atoms with Crippen LogP contribution in [0.4, 0.5) is 16.2 Å². The lowest BCUT2D eigenvalue weighted by Crippen LogP contribution is -2.34. The molecule has 0 radical (unpaired) electrons. The van der Waals surface area contributed by atoms with E-state index in [0.29, 0.717) is 21.4 Å². The van der Waals surface area contributed by atoms with Crippen molar-refractivity contribution in [2.45, 2.75) is 0 Å². The second kappa shape index (κ2) is 8.21. The Kier molecular flexibility index (Phi) is 6.02. The van der Waals surface area contributed by atoms with Crippen molar-refractivity contribution >= 4 is 40.6 Å². The quantitative estimate of drug-likeness (QED) is 0.569. The van der Waals surface area contributed by atoms with E-state index in [2.05, 4.69) is 11.9 Å². The zero-order valence-corrected chi connectivity index (χ0v) is 14.1. The molecule has 0 atom stereocenters. The van der Waals surface area contributed by atoms with E-state index in [1.807, 2.05) is 6.07 Å². The van der Waals surface area contributed by atoms with Gasteiger partial charge in [-0.05, 0) is 54.6 Å². The van der Waals surface area contributed by atoms with Gasteiger partial charge in [-0.25, -0.2) is 4.79 Å². The third-order valence-corrected chi connectivity index (χ3v) is 3.52. The summed E-state index contributed by atoms with van der Waals surface area (Å²) in [5, 5.41) is 13.2. The molecule has 2 aromatic carbocycles. The molecule has 2 aromatic rings. The van der Waals surface area contributed by atoms with Gasteiger partial charge in [0.1, 0.15) is 11.8 Å². The number of hydrogen-bond acceptors (Lipinski definition) is 2. The molecule has 0 aliphatic heterocycles. The first-order valence-electron chi connectivity index (χ1n) is 6.90. The predicted octanol–water partition coefficient (Wildman–Crippen LogP) is 5.63. The lowest BCUT2D eigenvalue weighted by Gasteiger charge is -2.22. The molecule has 0 aliphatic rings. The molecular weight excluding hydrogens is 345 g/mol. The Morgan fingerprint density at radius 3 is 2.12 bits per heavy atom. The molecule has 4 nitrogen and oxygen atoms in total.